The maximum Gasteiger partial charge on any atom is 0.340 e. The molecule has 0 saturated carbocycles. The van der Waals surface area contributed by atoms with Gasteiger partial charge in [0.25, 0.3) is 5.91 Å². The number of nitrogens with one attached hydrogen (secondary N) is 2. The second-order valence-electron chi connectivity index (χ2n) is 8.84. The number of para-hydroxylation sites is 1. The average Bonchev–Trinajstić information content (AvgIpc) is 3.53. The van der Waals surface area contributed by atoms with Crippen molar-refractivity contribution >= 4 is 47.1 Å². The Labute approximate surface area is 239 Å². The summed E-state index contributed by atoms with van der Waals surface area (Å²) in [6.07, 6.45) is 1.32. The lowest BCUT2D eigenvalue weighted by Crippen LogP contribution is -2.34. The molecule has 0 aliphatic carbocycles. The quantitative estimate of drug-likeness (QED) is 0.235. The molecule has 3 aromatic rings. The van der Waals surface area contributed by atoms with Crippen molar-refractivity contribution in [3.05, 3.63) is 100 Å². The van der Waals surface area contributed by atoms with Crippen molar-refractivity contribution in [1.29, 1.82) is 0 Å². The number of hydrogen-bond acceptors (Lipinski definition) is 8. The van der Waals surface area contributed by atoms with Crippen LogP contribution in [-0.4, -0.2) is 43.4 Å². The molecule has 2 aromatic carbocycles. The molecular formula is C30H26FN3O8. The van der Waals surface area contributed by atoms with E-state index in [1.165, 1.54) is 74.7 Å². The largest absolute Gasteiger partial charge is 0.465 e. The molecule has 0 bridgehead atoms. The minimum atomic E-state index is -0.946. The van der Waals surface area contributed by atoms with E-state index in [0.29, 0.717) is 11.3 Å². The minimum Gasteiger partial charge on any atom is -0.465 e. The van der Waals surface area contributed by atoms with Crippen molar-refractivity contribution < 1.29 is 42.3 Å². The summed E-state index contributed by atoms with van der Waals surface area (Å²) in [5.41, 5.74) is 0.631. The molecule has 0 unspecified atom stereocenters. The number of benzene rings is 2. The van der Waals surface area contributed by atoms with E-state index >= 15 is 0 Å². The zero-order valence-electron chi connectivity index (χ0n) is 22.9. The number of hydrogen-bond donors (Lipinski definition) is 2. The number of esters is 2. The number of carbonyl (C=O) groups excluding carboxylic acids is 5. The van der Waals surface area contributed by atoms with E-state index < -0.39 is 35.5 Å². The number of amides is 3. The Balaban J connectivity index is 1.43. The SMILES string of the molecule is CCOC(=O)c1ccc(NC(=O)C(=O)NCc2ccc(/C=C3/C(=O)N(c4ccccc4F)C(C)=C3C(=O)OC)o2)cc1. The van der Waals surface area contributed by atoms with Crippen molar-refractivity contribution in [2.45, 2.75) is 20.4 Å². The first kappa shape index (κ1) is 29.5. The molecule has 1 aromatic heterocycles. The zero-order valence-corrected chi connectivity index (χ0v) is 22.9. The number of furan rings is 1. The molecule has 1 aliphatic heterocycles. The topological polar surface area (TPSA) is 144 Å². The van der Waals surface area contributed by atoms with Crippen molar-refractivity contribution in [2.75, 3.05) is 23.9 Å². The van der Waals surface area contributed by atoms with Crippen molar-refractivity contribution in [1.82, 2.24) is 5.32 Å². The van der Waals surface area contributed by atoms with E-state index in [1.54, 1.807) is 13.0 Å². The Kier molecular flexibility index (Phi) is 8.96. The van der Waals surface area contributed by atoms with Gasteiger partial charge < -0.3 is 24.5 Å². The highest BCUT2D eigenvalue weighted by Gasteiger charge is 2.39. The van der Waals surface area contributed by atoms with E-state index in [-0.39, 0.29) is 47.2 Å². The van der Waals surface area contributed by atoms with Crippen molar-refractivity contribution in [3.8, 4) is 0 Å². The third kappa shape index (κ3) is 6.28. The molecule has 0 fully saturated rings. The monoisotopic (exact) mass is 575 g/mol. The van der Waals surface area contributed by atoms with Gasteiger partial charge in [-0.1, -0.05) is 12.1 Å². The number of ether oxygens (including phenoxy) is 2. The summed E-state index contributed by atoms with van der Waals surface area (Å²) in [6, 6.07) is 14.5. The Hall–Kier alpha value is -5.52. The van der Waals surface area contributed by atoms with Crippen LogP contribution < -0.4 is 15.5 Å². The van der Waals surface area contributed by atoms with E-state index in [2.05, 4.69) is 10.6 Å². The smallest absolute Gasteiger partial charge is 0.340 e. The predicted octanol–water partition coefficient (Wildman–Crippen LogP) is 3.73. The van der Waals surface area contributed by atoms with Gasteiger partial charge in [-0.05, 0) is 68.5 Å². The Morgan fingerprint density at radius 1 is 0.976 bits per heavy atom. The Morgan fingerprint density at radius 2 is 1.69 bits per heavy atom. The predicted molar refractivity (Wildman–Crippen MR) is 148 cm³/mol. The van der Waals surface area contributed by atoms with Gasteiger partial charge in [-0.25, -0.2) is 14.0 Å². The Bertz CT molecular complexity index is 1620. The molecule has 216 valence electrons. The number of allylic oxidation sites excluding steroid dienone is 1. The molecular weight excluding hydrogens is 549 g/mol. The maximum atomic E-state index is 14.5. The molecule has 4 rings (SSSR count). The second-order valence-corrected chi connectivity index (χ2v) is 8.84. The summed E-state index contributed by atoms with van der Waals surface area (Å²) in [4.78, 5) is 63.3. The Morgan fingerprint density at radius 3 is 2.36 bits per heavy atom. The van der Waals surface area contributed by atoms with Crippen LogP contribution in [0.15, 0.2) is 81.9 Å². The lowest BCUT2D eigenvalue weighted by Gasteiger charge is -2.18. The number of anilines is 2. The summed E-state index contributed by atoms with van der Waals surface area (Å²) in [7, 11) is 1.17. The number of rotatable bonds is 8. The number of methoxy groups -OCH3 is 1. The summed E-state index contributed by atoms with van der Waals surface area (Å²) in [5, 5.41) is 4.84. The fourth-order valence-corrected chi connectivity index (χ4v) is 4.15. The number of carbonyl (C=O) groups is 5. The second kappa shape index (κ2) is 12.8. The molecule has 0 atom stereocenters. The molecule has 12 heteroatoms. The van der Waals surface area contributed by atoms with Crippen LogP contribution in [0.1, 0.15) is 35.7 Å². The van der Waals surface area contributed by atoms with E-state index in [1.807, 2.05) is 0 Å². The van der Waals surface area contributed by atoms with Crippen LogP contribution in [0.4, 0.5) is 15.8 Å². The van der Waals surface area contributed by atoms with Crippen molar-refractivity contribution in [3.63, 3.8) is 0 Å². The van der Waals surface area contributed by atoms with E-state index in [4.69, 9.17) is 13.9 Å². The van der Waals surface area contributed by atoms with Crippen LogP contribution in [-0.2, 0) is 35.2 Å². The molecule has 2 N–H and O–H groups in total. The first-order valence-electron chi connectivity index (χ1n) is 12.7. The molecule has 2 heterocycles. The average molecular weight is 576 g/mol. The van der Waals surface area contributed by atoms with Gasteiger partial charge in [-0.2, -0.15) is 0 Å². The molecule has 11 nitrogen and oxygen atoms in total. The first-order valence-corrected chi connectivity index (χ1v) is 12.7. The van der Waals surface area contributed by atoms with Crippen LogP contribution >= 0.6 is 0 Å². The zero-order chi connectivity index (χ0) is 30.4. The van der Waals surface area contributed by atoms with Crippen LogP contribution in [0.3, 0.4) is 0 Å². The van der Waals surface area contributed by atoms with Gasteiger partial charge in [0.05, 0.1) is 42.7 Å². The van der Waals surface area contributed by atoms with Crippen molar-refractivity contribution in [2.24, 2.45) is 0 Å². The normalized spacial score (nSPS) is 13.8. The highest BCUT2D eigenvalue weighted by molar-refractivity contribution is 6.39. The van der Waals surface area contributed by atoms with Gasteiger partial charge in [0, 0.05) is 11.4 Å². The molecule has 1 aliphatic rings. The number of halogens is 1. The van der Waals surface area contributed by atoms with Gasteiger partial charge in [-0.3, -0.25) is 19.3 Å². The highest BCUT2D eigenvalue weighted by atomic mass is 19.1. The summed E-state index contributed by atoms with van der Waals surface area (Å²) in [6.45, 7) is 3.25. The van der Waals surface area contributed by atoms with Gasteiger partial charge >= 0.3 is 23.8 Å². The summed E-state index contributed by atoms with van der Waals surface area (Å²) >= 11 is 0. The van der Waals surface area contributed by atoms with Gasteiger partial charge in [0.15, 0.2) is 0 Å². The van der Waals surface area contributed by atoms with Gasteiger partial charge in [0.2, 0.25) is 0 Å². The highest BCUT2D eigenvalue weighted by Crippen LogP contribution is 2.36. The first-order chi connectivity index (χ1) is 20.1. The van der Waals surface area contributed by atoms with Crippen LogP contribution in [0.2, 0.25) is 0 Å². The van der Waals surface area contributed by atoms with E-state index in [0.717, 1.165) is 4.90 Å². The van der Waals surface area contributed by atoms with Crippen LogP contribution in [0.5, 0.6) is 0 Å². The molecule has 42 heavy (non-hydrogen) atoms. The minimum absolute atomic E-state index is 0.0270. The molecule has 0 spiro atoms. The summed E-state index contributed by atoms with van der Waals surface area (Å²) < 4.78 is 29.9. The summed E-state index contributed by atoms with van der Waals surface area (Å²) in [5.74, 6) is -4.07. The fourth-order valence-electron chi connectivity index (χ4n) is 4.15. The van der Waals surface area contributed by atoms with Gasteiger partial charge in [0.1, 0.15) is 17.3 Å². The molecule has 3 amide bonds. The molecule has 0 radical (unpaired) electrons. The standard InChI is InChI=1S/C30H26FN3O8/c1-4-41-29(38)18-9-11-19(12-10-18)33-27(36)26(35)32-16-21-14-13-20(42-21)15-22-25(30(39)40-3)17(2)34(28(22)37)24-8-6-5-7-23(24)31/h5-15H,4,16H2,1-3H3,(H,32,35)(H,33,36)/b22-15+. The lowest BCUT2D eigenvalue weighted by molar-refractivity contribution is -0.136. The third-order valence-corrected chi connectivity index (χ3v) is 6.14. The number of nitrogens with zero attached hydrogens (tertiary/aromatic N) is 1. The van der Waals surface area contributed by atoms with Crippen LogP contribution in [0, 0.1) is 5.82 Å². The lowest BCUT2D eigenvalue weighted by atomic mass is 10.1. The third-order valence-electron chi connectivity index (χ3n) is 6.14. The van der Waals surface area contributed by atoms with E-state index in [9.17, 15) is 28.4 Å². The molecule has 0 saturated heterocycles. The van der Waals surface area contributed by atoms with Gasteiger partial charge in [-0.15, -0.1) is 0 Å². The fraction of sp³-hybridized carbons (Fsp3) is 0.167. The van der Waals surface area contributed by atoms with Crippen LogP contribution in [0.25, 0.3) is 6.08 Å². The maximum absolute atomic E-state index is 14.5.